The van der Waals surface area contributed by atoms with Crippen molar-refractivity contribution in [3.8, 4) is 17.2 Å². The number of fused-ring (bicyclic) bond motifs is 1. The molecule has 5 aromatic rings. The van der Waals surface area contributed by atoms with Crippen molar-refractivity contribution in [2.75, 3.05) is 7.11 Å². The average molecular weight is 547 g/mol. The molecule has 3 aromatic heterocycles. The second kappa shape index (κ2) is 9.53. The molecule has 0 bridgehead atoms. The summed E-state index contributed by atoms with van der Waals surface area (Å²) in [6, 6.07) is 12.0. The minimum atomic E-state index is -4.93. The SMILES string of the molecule is COc1ccc2c(c1)c(C(=O)c1nnc(-c3cccnc3)o1)c(C(F)(F)F)n2Cc1ccc(Cl)cc1Cl. The highest BCUT2D eigenvalue weighted by atomic mass is 35.5. The molecule has 0 saturated heterocycles. The van der Waals surface area contributed by atoms with Gasteiger partial charge in [-0.05, 0) is 48.0 Å². The minimum Gasteiger partial charge on any atom is -0.497 e. The standard InChI is InChI=1S/C25H15Cl2F3N4O3/c1-36-16-6-7-19-17(10-16)20(21(35)24-33-32-23(37-24)13-3-2-8-31-11-13)22(25(28,29)30)34(19)12-14-4-5-15(26)9-18(14)27/h2-11H,12H2,1H3. The summed E-state index contributed by atoms with van der Waals surface area (Å²) in [6.07, 6.45) is -1.98. The number of methoxy groups -OCH3 is 1. The van der Waals surface area contributed by atoms with Crippen LogP contribution in [0.3, 0.4) is 0 Å². The lowest BCUT2D eigenvalue weighted by molar-refractivity contribution is -0.143. The van der Waals surface area contributed by atoms with Gasteiger partial charge in [0.2, 0.25) is 5.89 Å². The van der Waals surface area contributed by atoms with E-state index in [9.17, 15) is 18.0 Å². The third-order valence-electron chi connectivity index (χ3n) is 5.64. The highest BCUT2D eigenvalue weighted by Crippen LogP contribution is 2.41. The summed E-state index contributed by atoms with van der Waals surface area (Å²) in [6.45, 7) is -0.286. The molecule has 0 aliphatic rings. The number of nitrogens with zero attached hydrogens (tertiary/aromatic N) is 4. The summed E-state index contributed by atoms with van der Waals surface area (Å²) >= 11 is 12.2. The molecule has 7 nitrogen and oxygen atoms in total. The molecule has 5 rings (SSSR count). The smallest absolute Gasteiger partial charge is 0.432 e. The van der Waals surface area contributed by atoms with Gasteiger partial charge in [0.25, 0.3) is 11.7 Å². The maximum Gasteiger partial charge on any atom is 0.432 e. The second-order valence-corrected chi connectivity index (χ2v) is 8.75. The van der Waals surface area contributed by atoms with Crippen LogP contribution < -0.4 is 4.74 Å². The van der Waals surface area contributed by atoms with Crippen LogP contribution in [0.15, 0.2) is 65.3 Å². The fraction of sp³-hybridized carbons (Fsp3) is 0.120. The molecule has 0 atom stereocenters. The summed E-state index contributed by atoms with van der Waals surface area (Å²) in [5.74, 6) is -1.48. The zero-order valence-electron chi connectivity index (χ0n) is 18.9. The molecule has 0 N–H and O–H groups in total. The zero-order chi connectivity index (χ0) is 26.3. The van der Waals surface area contributed by atoms with Gasteiger partial charge in [-0.1, -0.05) is 29.3 Å². The van der Waals surface area contributed by atoms with Gasteiger partial charge < -0.3 is 13.7 Å². The van der Waals surface area contributed by atoms with Crippen molar-refractivity contribution in [1.29, 1.82) is 0 Å². The zero-order valence-corrected chi connectivity index (χ0v) is 20.4. The van der Waals surface area contributed by atoms with E-state index in [0.717, 1.165) is 4.57 Å². The first kappa shape index (κ1) is 24.8. The molecule has 188 valence electrons. The molecule has 0 fully saturated rings. The number of hydrogen-bond acceptors (Lipinski definition) is 6. The van der Waals surface area contributed by atoms with Gasteiger partial charge in [0.1, 0.15) is 11.4 Å². The van der Waals surface area contributed by atoms with E-state index in [4.69, 9.17) is 32.4 Å². The molecular weight excluding hydrogens is 532 g/mol. The van der Waals surface area contributed by atoms with Gasteiger partial charge in [0, 0.05) is 39.9 Å². The Morgan fingerprint density at radius 2 is 1.92 bits per heavy atom. The number of hydrogen-bond donors (Lipinski definition) is 0. The van der Waals surface area contributed by atoms with Crippen LogP contribution >= 0.6 is 23.2 Å². The van der Waals surface area contributed by atoms with E-state index in [-0.39, 0.29) is 34.1 Å². The van der Waals surface area contributed by atoms with Gasteiger partial charge in [-0.3, -0.25) is 9.78 Å². The molecule has 0 saturated carbocycles. The van der Waals surface area contributed by atoms with Crippen molar-refractivity contribution in [3.05, 3.63) is 93.7 Å². The van der Waals surface area contributed by atoms with Crippen molar-refractivity contribution < 1.29 is 27.1 Å². The van der Waals surface area contributed by atoms with E-state index < -0.39 is 29.1 Å². The Kier molecular flexibility index (Phi) is 6.38. The number of halogens is 5. The van der Waals surface area contributed by atoms with Crippen LogP contribution in [0.5, 0.6) is 5.75 Å². The number of ether oxygens (including phenoxy) is 1. The van der Waals surface area contributed by atoms with Crippen molar-refractivity contribution >= 4 is 39.9 Å². The summed E-state index contributed by atoms with van der Waals surface area (Å²) in [5.41, 5.74) is -0.915. The predicted molar refractivity (Wildman–Crippen MR) is 130 cm³/mol. The van der Waals surface area contributed by atoms with Gasteiger partial charge in [0.15, 0.2) is 0 Å². The van der Waals surface area contributed by atoms with Crippen molar-refractivity contribution in [2.45, 2.75) is 12.7 Å². The highest BCUT2D eigenvalue weighted by molar-refractivity contribution is 6.35. The average Bonchev–Trinajstić information content (AvgIpc) is 3.49. The lowest BCUT2D eigenvalue weighted by Gasteiger charge is -2.15. The number of carbonyl (C=O) groups excluding carboxylic acids is 1. The largest absolute Gasteiger partial charge is 0.497 e. The van der Waals surface area contributed by atoms with Crippen LogP contribution in [-0.4, -0.2) is 32.6 Å². The van der Waals surface area contributed by atoms with E-state index >= 15 is 0 Å². The predicted octanol–water partition coefficient (Wildman–Crippen LogP) is 6.70. The Balaban J connectivity index is 1.73. The third-order valence-corrected chi connectivity index (χ3v) is 6.22. The molecule has 2 aromatic carbocycles. The fourth-order valence-electron chi connectivity index (χ4n) is 4.00. The first-order valence-electron chi connectivity index (χ1n) is 10.7. The maximum atomic E-state index is 14.6. The van der Waals surface area contributed by atoms with Crippen molar-refractivity contribution in [1.82, 2.24) is 19.7 Å². The van der Waals surface area contributed by atoms with Gasteiger partial charge in [0.05, 0.1) is 18.2 Å². The van der Waals surface area contributed by atoms with E-state index in [1.165, 1.54) is 55.9 Å². The summed E-state index contributed by atoms with van der Waals surface area (Å²) in [5, 5.41) is 8.06. The summed E-state index contributed by atoms with van der Waals surface area (Å²) in [7, 11) is 1.37. The number of pyridine rings is 1. The Labute approximate surface area is 217 Å². The third kappa shape index (κ3) is 4.65. The Morgan fingerprint density at radius 3 is 2.59 bits per heavy atom. The van der Waals surface area contributed by atoms with E-state index in [1.807, 2.05) is 0 Å². The van der Waals surface area contributed by atoms with Gasteiger partial charge in [-0.2, -0.15) is 13.2 Å². The normalized spacial score (nSPS) is 11.7. The van der Waals surface area contributed by atoms with Crippen LogP contribution in [0.4, 0.5) is 13.2 Å². The Hall–Kier alpha value is -3.89. The lowest BCUT2D eigenvalue weighted by atomic mass is 10.1. The topological polar surface area (TPSA) is 83.0 Å². The molecule has 3 heterocycles. The number of benzene rings is 2. The quantitative estimate of drug-likeness (QED) is 0.220. The van der Waals surface area contributed by atoms with Crippen LogP contribution in [0.2, 0.25) is 10.0 Å². The van der Waals surface area contributed by atoms with Crippen LogP contribution in [0.1, 0.15) is 27.5 Å². The molecule has 0 aliphatic carbocycles. The van der Waals surface area contributed by atoms with Crippen molar-refractivity contribution in [3.63, 3.8) is 0 Å². The first-order chi connectivity index (χ1) is 17.7. The fourth-order valence-corrected chi connectivity index (χ4v) is 4.47. The van der Waals surface area contributed by atoms with Gasteiger partial charge in [-0.25, -0.2) is 0 Å². The molecule has 0 radical (unpaired) electrons. The lowest BCUT2D eigenvalue weighted by Crippen LogP contribution is -2.19. The van der Waals surface area contributed by atoms with Crippen LogP contribution in [0, 0.1) is 0 Å². The number of ketones is 1. The van der Waals surface area contributed by atoms with Gasteiger partial charge >= 0.3 is 6.18 Å². The minimum absolute atomic E-state index is 0.00267. The summed E-state index contributed by atoms with van der Waals surface area (Å²) < 4.78 is 55.5. The Bertz CT molecular complexity index is 1630. The van der Waals surface area contributed by atoms with Crippen molar-refractivity contribution in [2.24, 2.45) is 0 Å². The van der Waals surface area contributed by atoms with Gasteiger partial charge in [-0.15, -0.1) is 10.2 Å². The second-order valence-electron chi connectivity index (χ2n) is 7.91. The summed E-state index contributed by atoms with van der Waals surface area (Å²) in [4.78, 5) is 17.5. The molecule has 37 heavy (non-hydrogen) atoms. The molecular formula is C25H15Cl2F3N4O3. The van der Waals surface area contributed by atoms with Crippen LogP contribution in [-0.2, 0) is 12.7 Å². The van der Waals surface area contributed by atoms with E-state index in [0.29, 0.717) is 16.1 Å². The van der Waals surface area contributed by atoms with E-state index in [1.54, 1.807) is 12.1 Å². The number of aromatic nitrogens is 4. The van der Waals surface area contributed by atoms with Crippen LogP contribution in [0.25, 0.3) is 22.4 Å². The molecule has 0 aliphatic heterocycles. The maximum absolute atomic E-state index is 14.6. The monoisotopic (exact) mass is 546 g/mol. The number of rotatable bonds is 6. The number of alkyl halides is 3. The molecule has 0 amide bonds. The number of carbonyl (C=O) groups is 1. The molecule has 0 unspecified atom stereocenters. The molecule has 0 spiro atoms. The molecule has 12 heteroatoms. The first-order valence-corrected chi connectivity index (χ1v) is 11.4. The highest BCUT2D eigenvalue weighted by Gasteiger charge is 2.42. The Morgan fingerprint density at radius 1 is 1.11 bits per heavy atom. The van der Waals surface area contributed by atoms with E-state index in [2.05, 4.69) is 15.2 Å².